The van der Waals surface area contributed by atoms with Gasteiger partial charge in [-0.1, -0.05) is 48.0 Å². The van der Waals surface area contributed by atoms with Gasteiger partial charge in [0.15, 0.2) is 0 Å². The number of nitrogens with zero attached hydrogens (tertiary/aromatic N) is 1. The molecule has 36 heavy (non-hydrogen) atoms. The van der Waals surface area contributed by atoms with Gasteiger partial charge in [0.25, 0.3) is 10.0 Å². The average Bonchev–Trinajstić information content (AvgIpc) is 2.78. The van der Waals surface area contributed by atoms with Crippen LogP contribution >= 0.6 is 11.6 Å². The number of ether oxygens (including phenoxy) is 1. The standard InChI is InChI=1S/C26H29ClN4O4S/c1-17-13-21(16-22(14-17)35-12-11-19-7-9-20(10-8-19)26(29)30)31(18(2)15-25(28)32)36(33,34)24-6-4-3-5-23(24)27/h3-10,13-14,16,18H,11-12,15H2,1-2H3,(H2,28,32)(H3,29,30). The van der Waals surface area contributed by atoms with Crippen molar-refractivity contribution >= 4 is 39.1 Å². The number of amidine groups is 1. The van der Waals surface area contributed by atoms with Crippen LogP contribution in [0, 0.1) is 12.3 Å². The quantitative estimate of drug-likeness (QED) is 0.255. The second-order valence-corrected chi connectivity index (χ2v) is 10.7. The monoisotopic (exact) mass is 528 g/mol. The van der Waals surface area contributed by atoms with Crippen molar-refractivity contribution in [1.29, 1.82) is 5.41 Å². The van der Waals surface area contributed by atoms with E-state index in [4.69, 9.17) is 33.2 Å². The molecule has 0 aliphatic heterocycles. The number of rotatable bonds is 11. The molecule has 0 aromatic heterocycles. The van der Waals surface area contributed by atoms with E-state index in [2.05, 4.69) is 0 Å². The molecule has 3 rings (SSSR count). The van der Waals surface area contributed by atoms with Crippen LogP contribution < -0.4 is 20.5 Å². The molecule has 0 saturated carbocycles. The molecule has 0 aliphatic rings. The fraction of sp³-hybridized carbons (Fsp3) is 0.231. The van der Waals surface area contributed by atoms with Crippen molar-refractivity contribution in [3.63, 3.8) is 0 Å². The molecule has 5 N–H and O–H groups in total. The molecule has 0 aliphatic carbocycles. The number of carbonyl (C=O) groups excluding carboxylic acids is 1. The molecule has 3 aromatic carbocycles. The fourth-order valence-electron chi connectivity index (χ4n) is 3.84. The van der Waals surface area contributed by atoms with Crippen molar-refractivity contribution in [2.24, 2.45) is 11.5 Å². The van der Waals surface area contributed by atoms with Gasteiger partial charge in [-0.2, -0.15) is 0 Å². The minimum atomic E-state index is -4.13. The molecule has 1 amide bonds. The first kappa shape index (κ1) is 27.0. The molecule has 0 radical (unpaired) electrons. The lowest BCUT2D eigenvalue weighted by Gasteiger charge is -2.31. The van der Waals surface area contributed by atoms with Crippen LogP contribution in [0.25, 0.3) is 0 Å². The van der Waals surface area contributed by atoms with E-state index in [9.17, 15) is 13.2 Å². The molecule has 190 valence electrons. The largest absolute Gasteiger partial charge is 0.493 e. The van der Waals surface area contributed by atoms with Crippen LogP contribution in [-0.4, -0.2) is 32.8 Å². The highest BCUT2D eigenvalue weighted by molar-refractivity contribution is 7.93. The second kappa shape index (κ2) is 11.5. The first-order valence-electron chi connectivity index (χ1n) is 11.2. The zero-order valence-corrected chi connectivity index (χ0v) is 21.6. The van der Waals surface area contributed by atoms with Crippen molar-refractivity contribution in [3.05, 3.63) is 88.4 Å². The summed E-state index contributed by atoms with van der Waals surface area (Å²) in [5.74, 6) is -0.135. The zero-order chi connectivity index (χ0) is 26.5. The smallest absolute Gasteiger partial charge is 0.266 e. The van der Waals surface area contributed by atoms with Crippen molar-refractivity contribution in [2.45, 2.75) is 37.6 Å². The minimum absolute atomic E-state index is 0.00644. The first-order chi connectivity index (χ1) is 17.0. The Morgan fingerprint density at radius 3 is 2.36 bits per heavy atom. The molecule has 0 fully saturated rings. The molecule has 0 saturated heterocycles. The Morgan fingerprint density at radius 2 is 1.75 bits per heavy atom. The Balaban J connectivity index is 1.90. The lowest BCUT2D eigenvalue weighted by Crippen LogP contribution is -2.41. The maximum atomic E-state index is 13.7. The van der Waals surface area contributed by atoms with Gasteiger partial charge >= 0.3 is 0 Å². The third kappa shape index (κ3) is 6.56. The number of hydrogen-bond donors (Lipinski definition) is 3. The van der Waals surface area contributed by atoms with E-state index in [0.717, 1.165) is 11.1 Å². The van der Waals surface area contributed by atoms with Crippen LogP contribution in [0.1, 0.15) is 30.0 Å². The predicted molar refractivity (Wildman–Crippen MR) is 142 cm³/mol. The van der Waals surface area contributed by atoms with Crippen LogP contribution in [0.15, 0.2) is 71.6 Å². The lowest BCUT2D eigenvalue weighted by atomic mass is 10.1. The first-order valence-corrected chi connectivity index (χ1v) is 13.1. The Bertz CT molecular complexity index is 1360. The molecule has 0 bridgehead atoms. The van der Waals surface area contributed by atoms with Gasteiger partial charge in [0.05, 0.1) is 23.4 Å². The number of amides is 1. The summed E-state index contributed by atoms with van der Waals surface area (Å²) in [6.07, 6.45) is 0.422. The maximum Gasteiger partial charge on any atom is 0.266 e. The van der Waals surface area contributed by atoms with Gasteiger partial charge in [0.2, 0.25) is 5.91 Å². The Labute approximate surface area is 216 Å². The van der Waals surface area contributed by atoms with Gasteiger partial charge in [-0.05, 0) is 49.2 Å². The second-order valence-electron chi connectivity index (χ2n) is 8.46. The van der Waals surface area contributed by atoms with Gasteiger partial charge in [-0.3, -0.25) is 14.5 Å². The Kier molecular flexibility index (Phi) is 8.60. The summed E-state index contributed by atoms with van der Waals surface area (Å²) >= 11 is 6.23. The SMILES string of the molecule is Cc1cc(OCCc2ccc(C(=N)N)cc2)cc(N(C(C)CC(N)=O)S(=O)(=O)c2ccccc2Cl)c1. The normalized spacial score (nSPS) is 12.1. The summed E-state index contributed by atoms with van der Waals surface area (Å²) in [4.78, 5) is 11.6. The highest BCUT2D eigenvalue weighted by Gasteiger charge is 2.32. The number of halogens is 1. The predicted octanol–water partition coefficient (Wildman–Crippen LogP) is 4.01. The van der Waals surface area contributed by atoms with Crippen LogP contribution in [0.3, 0.4) is 0 Å². The number of carbonyl (C=O) groups is 1. The Morgan fingerprint density at radius 1 is 1.08 bits per heavy atom. The summed E-state index contributed by atoms with van der Waals surface area (Å²) in [5, 5.41) is 7.56. The average molecular weight is 529 g/mol. The van der Waals surface area contributed by atoms with E-state index in [1.807, 2.05) is 19.1 Å². The summed E-state index contributed by atoms with van der Waals surface area (Å²) in [6.45, 7) is 3.79. The number of sulfonamides is 1. The molecule has 0 heterocycles. The van der Waals surface area contributed by atoms with Crippen molar-refractivity contribution in [2.75, 3.05) is 10.9 Å². The van der Waals surface area contributed by atoms with Crippen molar-refractivity contribution in [3.8, 4) is 5.75 Å². The van der Waals surface area contributed by atoms with Crippen LogP contribution in [0.4, 0.5) is 5.69 Å². The van der Waals surface area contributed by atoms with E-state index in [-0.39, 0.29) is 22.2 Å². The van der Waals surface area contributed by atoms with E-state index in [1.54, 1.807) is 49.4 Å². The van der Waals surface area contributed by atoms with E-state index >= 15 is 0 Å². The highest BCUT2D eigenvalue weighted by Crippen LogP contribution is 2.33. The third-order valence-corrected chi connectivity index (χ3v) is 7.93. The molecule has 1 atom stereocenters. The molecule has 10 heteroatoms. The van der Waals surface area contributed by atoms with Crippen molar-refractivity contribution in [1.82, 2.24) is 0 Å². The van der Waals surface area contributed by atoms with Crippen molar-refractivity contribution < 1.29 is 17.9 Å². The van der Waals surface area contributed by atoms with Gasteiger partial charge in [0.1, 0.15) is 16.5 Å². The number of anilines is 1. The summed E-state index contributed by atoms with van der Waals surface area (Å²) in [6, 6.07) is 17.8. The topological polar surface area (TPSA) is 140 Å². The number of primary amides is 1. The molecule has 0 spiro atoms. The minimum Gasteiger partial charge on any atom is -0.493 e. The summed E-state index contributed by atoms with van der Waals surface area (Å²) in [5.41, 5.74) is 13.7. The van der Waals surface area contributed by atoms with Gasteiger partial charge in [-0.15, -0.1) is 0 Å². The molecule has 8 nitrogen and oxygen atoms in total. The lowest BCUT2D eigenvalue weighted by molar-refractivity contribution is -0.118. The number of hydrogen-bond acceptors (Lipinski definition) is 5. The summed E-state index contributed by atoms with van der Waals surface area (Å²) in [7, 11) is -4.13. The number of aryl methyl sites for hydroxylation is 1. The van der Waals surface area contributed by atoms with E-state index in [0.29, 0.717) is 30.0 Å². The summed E-state index contributed by atoms with van der Waals surface area (Å²) < 4.78 is 34.5. The third-order valence-electron chi connectivity index (χ3n) is 5.48. The zero-order valence-electron chi connectivity index (χ0n) is 20.1. The number of nitrogens with two attached hydrogens (primary N) is 2. The van der Waals surface area contributed by atoms with E-state index in [1.165, 1.54) is 16.4 Å². The molecular weight excluding hydrogens is 500 g/mol. The number of benzene rings is 3. The number of nitrogen functional groups attached to an aromatic ring is 1. The van der Waals surface area contributed by atoms with Crippen LogP contribution in [0.5, 0.6) is 5.75 Å². The van der Waals surface area contributed by atoms with Crippen LogP contribution in [-0.2, 0) is 21.2 Å². The van der Waals surface area contributed by atoms with Gasteiger partial charge < -0.3 is 16.2 Å². The molecule has 3 aromatic rings. The fourth-order valence-corrected chi connectivity index (χ4v) is 5.98. The highest BCUT2D eigenvalue weighted by atomic mass is 35.5. The maximum absolute atomic E-state index is 13.7. The van der Waals surface area contributed by atoms with Gasteiger partial charge in [-0.25, -0.2) is 8.42 Å². The van der Waals surface area contributed by atoms with Crippen LogP contribution in [0.2, 0.25) is 5.02 Å². The van der Waals surface area contributed by atoms with Gasteiger partial charge in [0, 0.05) is 24.5 Å². The number of nitrogens with one attached hydrogen (secondary N) is 1. The van der Waals surface area contributed by atoms with E-state index < -0.39 is 22.0 Å². The molecule has 1 unspecified atom stereocenters. The molecular formula is C26H29ClN4O4S. The Hall–Kier alpha value is -3.56.